The third-order valence-electron chi connectivity index (χ3n) is 4.61. The predicted molar refractivity (Wildman–Crippen MR) is 95.0 cm³/mol. The molecule has 0 spiro atoms. The normalized spacial score (nSPS) is 15.8. The van der Waals surface area contributed by atoms with Crippen molar-refractivity contribution in [2.75, 3.05) is 6.54 Å². The Morgan fingerprint density at radius 1 is 1.27 bits per heavy atom. The SMILES string of the molecule is Cn1ccnc1[C@H](O)c1cc2n(n1)CCN(Cc1cc(F)cc(Cl)c1)C2. The first kappa shape index (κ1) is 17.2. The van der Waals surface area contributed by atoms with E-state index in [1.165, 1.54) is 12.1 Å². The summed E-state index contributed by atoms with van der Waals surface area (Å²) < 4.78 is 17.2. The van der Waals surface area contributed by atoms with Crippen LogP contribution in [-0.2, 0) is 26.7 Å². The number of aromatic nitrogens is 4. The van der Waals surface area contributed by atoms with E-state index < -0.39 is 6.10 Å². The summed E-state index contributed by atoms with van der Waals surface area (Å²) in [5, 5.41) is 15.5. The van der Waals surface area contributed by atoms with Crippen LogP contribution in [0.1, 0.15) is 28.9 Å². The van der Waals surface area contributed by atoms with Crippen molar-refractivity contribution in [2.24, 2.45) is 7.05 Å². The molecule has 0 bridgehead atoms. The van der Waals surface area contributed by atoms with Gasteiger partial charge in [0.15, 0.2) is 6.10 Å². The van der Waals surface area contributed by atoms with Crippen molar-refractivity contribution in [3.8, 4) is 0 Å². The predicted octanol–water partition coefficient (Wildman–Crippen LogP) is 2.51. The van der Waals surface area contributed by atoms with Crippen LogP contribution in [-0.4, -0.2) is 35.9 Å². The van der Waals surface area contributed by atoms with Crippen LogP contribution in [0.3, 0.4) is 0 Å². The second-order valence-electron chi connectivity index (χ2n) is 6.57. The van der Waals surface area contributed by atoms with Crippen LogP contribution >= 0.6 is 11.6 Å². The number of aliphatic hydroxyl groups excluding tert-OH is 1. The van der Waals surface area contributed by atoms with Gasteiger partial charge in [0, 0.05) is 44.1 Å². The van der Waals surface area contributed by atoms with Crippen LogP contribution in [0.5, 0.6) is 0 Å². The molecule has 0 aliphatic carbocycles. The van der Waals surface area contributed by atoms with E-state index >= 15 is 0 Å². The highest BCUT2D eigenvalue weighted by Crippen LogP contribution is 2.24. The van der Waals surface area contributed by atoms with Crippen LogP contribution in [0, 0.1) is 5.82 Å². The van der Waals surface area contributed by atoms with E-state index in [1.807, 2.05) is 17.8 Å². The van der Waals surface area contributed by atoms with Crippen LogP contribution < -0.4 is 0 Å². The Morgan fingerprint density at radius 2 is 2.12 bits per heavy atom. The first-order valence-corrected chi connectivity index (χ1v) is 8.76. The zero-order chi connectivity index (χ0) is 18.3. The molecule has 0 fully saturated rings. The third kappa shape index (κ3) is 3.38. The minimum absolute atomic E-state index is 0.324. The van der Waals surface area contributed by atoms with Gasteiger partial charge < -0.3 is 9.67 Å². The van der Waals surface area contributed by atoms with Gasteiger partial charge in [-0.25, -0.2) is 9.37 Å². The smallest absolute Gasteiger partial charge is 0.155 e. The summed E-state index contributed by atoms with van der Waals surface area (Å²) in [6, 6.07) is 6.51. The Bertz CT molecular complexity index is 917. The van der Waals surface area contributed by atoms with Crippen LogP contribution in [0.15, 0.2) is 36.7 Å². The fourth-order valence-corrected chi connectivity index (χ4v) is 3.59. The molecule has 26 heavy (non-hydrogen) atoms. The monoisotopic (exact) mass is 375 g/mol. The second kappa shape index (κ2) is 6.83. The number of imidazole rings is 1. The Kier molecular flexibility index (Phi) is 4.52. The lowest BCUT2D eigenvalue weighted by atomic mass is 10.1. The quantitative estimate of drug-likeness (QED) is 0.761. The lowest BCUT2D eigenvalue weighted by molar-refractivity contribution is 0.194. The van der Waals surface area contributed by atoms with Gasteiger partial charge in [-0.3, -0.25) is 9.58 Å². The number of rotatable bonds is 4. The molecule has 1 atom stereocenters. The number of aryl methyl sites for hydroxylation is 1. The first-order chi connectivity index (χ1) is 12.5. The highest BCUT2D eigenvalue weighted by atomic mass is 35.5. The average molecular weight is 376 g/mol. The van der Waals surface area contributed by atoms with Crippen molar-refractivity contribution in [3.05, 3.63) is 70.3 Å². The van der Waals surface area contributed by atoms with E-state index in [4.69, 9.17) is 11.6 Å². The van der Waals surface area contributed by atoms with Crippen LogP contribution in [0.2, 0.25) is 5.02 Å². The lowest BCUT2D eigenvalue weighted by Crippen LogP contribution is -2.33. The Morgan fingerprint density at radius 3 is 2.85 bits per heavy atom. The number of halogens is 2. The van der Waals surface area contributed by atoms with Crippen molar-refractivity contribution in [1.29, 1.82) is 0 Å². The summed E-state index contributed by atoms with van der Waals surface area (Å²) in [4.78, 5) is 6.40. The Balaban J connectivity index is 1.50. The number of fused-ring (bicyclic) bond motifs is 1. The molecule has 3 heterocycles. The van der Waals surface area contributed by atoms with E-state index in [0.717, 1.165) is 17.8 Å². The molecule has 1 aromatic carbocycles. The van der Waals surface area contributed by atoms with E-state index in [2.05, 4.69) is 15.0 Å². The highest BCUT2D eigenvalue weighted by Gasteiger charge is 2.23. The molecule has 0 unspecified atom stereocenters. The number of hydrogen-bond acceptors (Lipinski definition) is 4. The summed E-state index contributed by atoms with van der Waals surface area (Å²) in [6.45, 7) is 2.79. The van der Waals surface area contributed by atoms with Gasteiger partial charge in [-0.1, -0.05) is 11.6 Å². The molecule has 0 radical (unpaired) electrons. The largest absolute Gasteiger partial charge is 0.379 e. The van der Waals surface area contributed by atoms with Gasteiger partial charge in [0.25, 0.3) is 0 Å². The molecular weight excluding hydrogens is 357 g/mol. The maximum Gasteiger partial charge on any atom is 0.155 e. The van der Waals surface area contributed by atoms with Crippen molar-refractivity contribution in [3.63, 3.8) is 0 Å². The van der Waals surface area contributed by atoms with E-state index in [1.54, 1.807) is 23.0 Å². The highest BCUT2D eigenvalue weighted by molar-refractivity contribution is 6.30. The third-order valence-corrected chi connectivity index (χ3v) is 4.83. The topological polar surface area (TPSA) is 59.1 Å². The summed E-state index contributed by atoms with van der Waals surface area (Å²) in [7, 11) is 1.84. The molecule has 1 aliphatic rings. The van der Waals surface area contributed by atoms with Gasteiger partial charge in [0.2, 0.25) is 0 Å². The first-order valence-electron chi connectivity index (χ1n) is 8.39. The molecule has 0 saturated carbocycles. The van der Waals surface area contributed by atoms with Crippen molar-refractivity contribution in [2.45, 2.75) is 25.7 Å². The molecule has 6 nitrogen and oxygen atoms in total. The van der Waals surface area contributed by atoms with Gasteiger partial charge in [-0.05, 0) is 29.8 Å². The second-order valence-corrected chi connectivity index (χ2v) is 7.01. The summed E-state index contributed by atoms with van der Waals surface area (Å²) in [5.41, 5.74) is 2.45. The van der Waals surface area contributed by atoms with Crippen molar-refractivity contribution in [1.82, 2.24) is 24.2 Å². The number of nitrogens with zero attached hydrogens (tertiary/aromatic N) is 5. The Labute approximate surface area is 155 Å². The molecule has 3 aromatic rings. The van der Waals surface area contributed by atoms with Gasteiger partial charge in [-0.2, -0.15) is 5.10 Å². The Hall–Kier alpha value is -2.22. The molecule has 4 rings (SSSR count). The van der Waals surface area contributed by atoms with Crippen molar-refractivity contribution >= 4 is 11.6 Å². The molecule has 1 aliphatic heterocycles. The maximum atomic E-state index is 13.5. The fourth-order valence-electron chi connectivity index (χ4n) is 3.34. The maximum absolute atomic E-state index is 13.5. The molecule has 8 heteroatoms. The molecule has 0 amide bonds. The van der Waals surface area contributed by atoms with Crippen molar-refractivity contribution < 1.29 is 9.50 Å². The average Bonchev–Trinajstić information content (AvgIpc) is 3.19. The molecule has 0 saturated heterocycles. The fraction of sp³-hybridized carbons (Fsp3) is 0.333. The molecular formula is C18H19ClFN5O. The molecule has 136 valence electrons. The minimum Gasteiger partial charge on any atom is -0.379 e. The lowest BCUT2D eigenvalue weighted by Gasteiger charge is -2.27. The van der Waals surface area contributed by atoms with Gasteiger partial charge in [-0.15, -0.1) is 0 Å². The van der Waals surface area contributed by atoms with Gasteiger partial charge in [0.05, 0.1) is 17.9 Å². The number of hydrogen-bond donors (Lipinski definition) is 1. The number of benzene rings is 1. The van der Waals surface area contributed by atoms with E-state index in [9.17, 15) is 9.50 Å². The summed E-state index contributed by atoms with van der Waals surface area (Å²) in [6.07, 6.45) is 2.59. The number of aliphatic hydroxyl groups is 1. The van der Waals surface area contributed by atoms with E-state index in [-0.39, 0.29) is 5.82 Å². The summed E-state index contributed by atoms with van der Waals surface area (Å²) in [5.74, 6) is 0.238. The van der Waals surface area contributed by atoms with Crippen LogP contribution in [0.25, 0.3) is 0 Å². The molecule has 1 N–H and O–H groups in total. The van der Waals surface area contributed by atoms with E-state index in [0.29, 0.717) is 36.2 Å². The minimum atomic E-state index is -0.858. The molecule has 2 aromatic heterocycles. The van der Waals surface area contributed by atoms with Gasteiger partial charge >= 0.3 is 0 Å². The summed E-state index contributed by atoms with van der Waals surface area (Å²) >= 11 is 5.94. The van der Waals surface area contributed by atoms with Crippen LogP contribution in [0.4, 0.5) is 4.39 Å². The standard InChI is InChI=1S/C18H19ClFN5O/c1-23-3-2-21-18(23)17(26)16-9-15-11-24(4-5-25(15)22-16)10-12-6-13(19)8-14(20)7-12/h2-3,6-9,17,26H,4-5,10-11H2,1H3/t17-/m1/s1. The van der Waals surface area contributed by atoms with Gasteiger partial charge in [0.1, 0.15) is 11.6 Å². The zero-order valence-corrected chi connectivity index (χ0v) is 15.1. The zero-order valence-electron chi connectivity index (χ0n) is 14.3.